The molecule has 35 heavy (non-hydrogen) atoms. The zero-order valence-electron chi connectivity index (χ0n) is 19.8. The zero-order valence-corrected chi connectivity index (χ0v) is 20.6. The van der Waals surface area contributed by atoms with Crippen molar-refractivity contribution in [3.05, 3.63) is 76.6 Å². The highest BCUT2D eigenvalue weighted by Crippen LogP contribution is 2.45. The van der Waals surface area contributed by atoms with Gasteiger partial charge in [0, 0.05) is 48.4 Å². The van der Waals surface area contributed by atoms with Crippen LogP contribution in [0.5, 0.6) is 0 Å². The molecule has 0 atom stereocenters. The summed E-state index contributed by atoms with van der Waals surface area (Å²) in [6, 6.07) is 7.45. The Labute approximate surface area is 208 Å². The van der Waals surface area contributed by atoms with Crippen LogP contribution in [0.25, 0.3) is 0 Å². The predicted molar refractivity (Wildman–Crippen MR) is 133 cm³/mol. The molecular weight excluding hydrogens is 464 g/mol. The molecule has 9 heteroatoms. The monoisotopic (exact) mass is 488 g/mol. The van der Waals surface area contributed by atoms with Gasteiger partial charge in [0.2, 0.25) is 0 Å². The van der Waals surface area contributed by atoms with E-state index in [-0.39, 0.29) is 17.2 Å². The summed E-state index contributed by atoms with van der Waals surface area (Å²) in [4.78, 5) is 44.6. The molecule has 2 saturated heterocycles. The van der Waals surface area contributed by atoms with Gasteiger partial charge in [-0.25, -0.2) is 9.97 Å². The van der Waals surface area contributed by atoms with Gasteiger partial charge in [0.1, 0.15) is 6.33 Å². The van der Waals surface area contributed by atoms with E-state index in [1.165, 1.54) is 6.33 Å². The van der Waals surface area contributed by atoms with E-state index in [4.69, 9.17) is 11.6 Å². The third-order valence-corrected chi connectivity index (χ3v) is 7.74. The van der Waals surface area contributed by atoms with E-state index in [1.807, 2.05) is 44.0 Å². The summed E-state index contributed by atoms with van der Waals surface area (Å²) in [6.45, 7) is 9.01. The molecule has 0 saturated carbocycles. The van der Waals surface area contributed by atoms with Crippen LogP contribution in [0.15, 0.2) is 49.2 Å². The average molecular weight is 489 g/mol. The Bertz CT molecular complexity index is 1380. The molecule has 0 radical (unpaired) electrons. The smallest absolute Gasteiger partial charge is 0.259 e. The van der Waals surface area contributed by atoms with E-state index in [0.717, 1.165) is 43.1 Å². The minimum absolute atomic E-state index is 0.00899. The van der Waals surface area contributed by atoms with E-state index >= 15 is 0 Å². The molecular formula is C26H25ClN6O2. The maximum absolute atomic E-state index is 13.3. The molecule has 0 unspecified atom stereocenters. The number of likely N-dealkylation sites (tertiary alicyclic amines) is 1. The fourth-order valence-electron chi connectivity index (χ4n) is 5.68. The summed E-state index contributed by atoms with van der Waals surface area (Å²) in [5.74, 6) is -0.0562. The molecule has 1 spiro atoms. The largest absolute Gasteiger partial charge is 0.369 e. The van der Waals surface area contributed by atoms with Gasteiger partial charge in [-0.2, -0.15) is 0 Å². The molecule has 3 aliphatic heterocycles. The number of halogens is 1. The van der Waals surface area contributed by atoms with E-state index < -0.39 is 5.54 Å². The number of hydrogen-bond acceptors (Lipinski definition) is 6. The molecule has 0 N–H and O–H groups in total. The van der Waals surface area contributed by atoms with Crippen molar-refractivity contribution in [2.75, 3.05) is 36.0 Å². The number of aryl methyl sites for hydroxylation is 1. The van der Waals surface area contributed by atoms with Crippen LogP contribution in [0.3, 0.4) is 0 Å². The number of carbonyl (C=O) groups is 2. The molecule has 3 aromatic rings. The Hall–Kier alpha value is -3.52. The van der Waals surface area contributed by atoms with Gasteiger partial charge in [-0.05, 0) is 50.6 Å². The highest BCUT2D eigenvalue weighted by molar-refractivity contribution is 6.31. The van der Waals surface area contributed by atoms with Crippen molar-refractivity contribution in [2.24, 2.45) is 5.41 Å². The Morgan fingerprint density at radius 2 is 1.74 bits per heavy atom. The van der Waals surface area contributed by atoms with Crippen molar-refractivity contribution in [1.82, 2.24) is 19.9 Å². The van der Waals surface area contributed by atoms with Crippen LogP contribution < -0.4 is 9.80 Å². The second kappa shape index (κ2) is 7.49. The molecule has 5 heterocycles. The highest BCUT2D eigenvalue weighted by Gasteiger charge is 2.53. The molecule has 2 fully saturated rings. The van der Waals surface area contributed by atoms with E-state index in [2.05, 4.69) is 19.9 Å². The van der Waals surface area contributed by atoms with Crippen LogP contribution in [-0.4, -0.2) is 57.8 Å². The van der Waals surface area contributed by atoms with Crippen LogP contribution >= 0.6 is 11.6 Å². The van der Waals surface area contributed by atoms with Crippen LogP contribution in [0, 0.1) is 12.3 Å². The number of benzene rings is 1. The van der Waals surface area contributed by atoms with Gasteiger partial charge in [0.15, 0.2) is 0 Å². The first kappa shape index (κ1) is 22.0. The molecule has 6 rings (SSSR count). The molecule has 178 valence electrons. The number of aromatic nitrogens is 3. The van der Waals surface area contributed by atoms with Gasteiger partial charge in [0.05, 0.1) is 40.6 Å². The minimum Gasteiger partial charge on any atom is -0.369 e. The van der Waals surface area contributed by atoms with E-state index in [9.17, 15) is 9.59 Å². The number of anilines is 2. The topological polar surface area (TPSA) is 82.5 Å². The molecule has 0 bridgehead atoms. The third kappa shape index (κ3) is 3.31. The van der Waals surface area contributed by atoms with Gasteiger partial charge in [-0.15, -0.1) is 0 Å². The van der Waals surface area contributed by atoms with Gasteiger partial charge in [0.25, 0.3) is 11.8 Å². The maximum atomic E-state index is 13.3. The zero-order chi connectivity index (χ0) is 24.5. The summed E-state index contributed by atoms with van der Waals surface area (Å²) < 4.78 is 0. The molecule has 2 amide bonds. The van der Waals surface area contributed by atoms with Crippen LogP contribution in [0.4, 0.5) is 11.4 Å². The number of pyridine rings is 1. The van der Waals surface area contributed by atoms with Crippen LogP contribution in [0.1, 0.15) is 45.8 Å². The summed E-state index contributed by atoms with van der Waals surface area (Å²) in [5, 5.41) is 0.618. The molecule has 1 aromatic carbocycles. The number of fused-ring (bicyclic) bond motifs is 1. The van der Waals surface area contributed by atoms with Crippen molar-refractivity contribution in [3.8, 4) is 0 Å². The van der Waals surface area contributed by atoms with Crippen LogP contribution in [0.2, 0.25) is 5.02 Å². The molecule has 3 aliphatic rings. The summed E-state index contributed by atoms with van der Waals surface area (Å²) in [5.41, 5.74) is 4.15. The number of amides is 2. The summed E-state index contributed by atoms with van der Waals surface area (Å²) >= 11 is 6.22. The number of nitrogens with zero attached hydrogens (tertiary/aromatic N) is 6. The lowest BCUT2D eigenvalue weighted by molar-refractivity contribution is -0.0106. The second-order valence-corrected chi connectivity index (χ2v) is 10.8. The Morgan fingerprint density at radius 1 is 1.00 bits per heavy atom. The highest BCUT2D eigenvalue weighted by atomic mass is 35.5. The predicted octanol–water partition coefficient (Wildman–Crippen LogP) is 3.69. The van der Waals surface area contributed by atoms with Crippen molar-refractivity contribution in [2.45, 2.75) is 26.3 Å². The first-order chi connectivity index (χ1) is 16.7. The van der Waals surface area contributed by atoms with Crippen molar-refractivity contribution in [1.29, 1.82) is 0 Å². The van der Waals surface area contributed by atoms with Crippen molar-refractivity contribution >= 4 is 34.8 Å². The normalized spacial score (nSPS) is 19.4. The second-order valence-electron chi connectivity index (χ2n) is 10.3. The minimum atomic E-state index is -0.540. The Morgan fingerprint density at radius 3 is 2.49 bits per heavy atom. The first-order valence-corrected chi connectivity index (χ1v) is 12.0. The third-order valence-electron chi connectivity index (χ3n) is 7.50. The molecule has 0 aliphatic carbocycles. The Kier molecular flexibility index (Phi) is 4.70. The van der Waals surface area contributed by atoms with Gasteiger partial charge in [-0.1, -0.05) is 11.6 Å². The number of hydrogen-bond donors (Lipinski definition) is 0. The van der Waals surface area contributed by atoms with E-state index in [0.29, 0.717) is 21.8 Å². The fourth-order valence-corrected chi connectivity index (χ4v) is 5.85. The average Bonchev–Trinajstić information content (AvgIpc) is 2.97. The maximum Gasteiger partial charge on any atom is 0.259 e. The lowest BCUT2D eigenvalue weighted by Gasteiger charge is -2.60. The molecule has 2 aromatic heterocycles. The SMILES string of the molecule is Cc1ncncc1C(=O)N1CC2(C1)CN(c1cncc(N3C(=O)c4ccc(Cl)cc4C3(C)C)c1)C2. The summed E-state index contributed by atoms with van der Waals surface area (Å²) in [6.07, 6.45) is 6.62. The van der Waals surface area contributed by atoms with Gasteiger partial charge < -0.3 is 9.80 Å². The standard InChI is InChI=1S/C26H25ClN6O2/c1-16-21(10-29-15-30-16)23(34)32-13-26(14-32)11-31(12-26)18-7-19(9-28-8-18)33-24(35)20-5-4-17(27)6-22(20)25(33,2)3/h4-10,15H,11-14H2,1-3H3. The lowest BCUT2D eigenvalue weighted by Crippen LogP contribution is -2.73. The number of carbonyl (C=O) groups excluding carboxylic acids is 2. The molecule has 8 nitrogen and oxygen atoms in total. The van der Waals surface area contributed by atoms with Gasteiger partial charge >= 0.3 is 0 Å². The first-order valence-electron chi connectivity index (χ1n) is 11.6. The van der Waals surface area contributed by atoms with Crippen molar-refractivity contribution < 1.29 is 9.59 Å². The number of rotatable bonds is 3. The lowest BCUT2D eigenvalue weighted by atomic mass is 9.72. The van der Waals surface area contributed by atoms with Crippen LogP contribution in [-0.2, 0) is 5.54 Å². The Balaban J connectivity index is 1.16. The van der Waals surface area contributed by atoms with Crippen molar-refractivity contribution in [3.63, 3.8) is 0 Å². The fraction of sp³-hybridized carbons (Fsp3) is 0.346. The van der Waals surface area contributed by atoms with Gasteiger partial charge in [-0.3, -0.25) is 19.5 Å². The quantitative estimate of drug-likeness (QED) is 0.559. The van der Waals surface area contributed by atoms with E-state index in [1.54, 1.807) is 29.4 Å². The summed E-state index contributed by atoms with van der Waals surface area (Å²) in [7, 11) is 0.